The fourth-order valence-corrected chi connectivity index (χ4v) is 3.22. The van der Waals surface area contributed by atoms with Crippen LogP contribution < -0.4 is 0 Å². The van der Waals surface area contributed by atoms with E-state index in [-0.39, 0.29) is 11.9 Å². The van der Waals surface area contributed by atoms with Crippen molar-refractivity contribution >= 4 is 5.78 Å². The van der Waals surface area contributed by atoms with Crippen molar-refractivity contribution in [3.8, 4) is 0 Å². The first-order valence-electron chi connectivity index (χ1n) is 7.29. The van der Waals surface area contributed by atoms with Crippen molar-refractivity contribution in [1.29, 1.82) is 0 Å². The van der Waals surface area contributed by atoms with Crippen LogP contribution in [0.5, 0.6) is 0 Å². The lowest BCUT2D eigenvalue weighted by molar-refractivity contribution is -0.127. The minimum atomic E-state index is -0.342. The summed E-state index contributed by atoms with van der Waals surface area (Å²) in [6.45, 7) is 5.95. The molecule has 0 fully saturated rings. The second-order valence-electron chi connectivity index (χ2n) is 5.62. The minimum Gasteiger partial charge on any atom is -0.367 e. The Morgan fingerprint density at radius 1 is 1.35 bits per heavy atom. The Morgan fingerprint density at radius 2 is 2.15 bits per heavy atom. The molecule has 1 aliphatic carbocycles. The molecular formula is C17H21NO2. The van der Waals surface area contributed by atoms with Crippen LogP contribution in [0.1, 0.15) is 30.5 Å². The Kier molecular flexibility index (Phi) is 3.38. The van der Waals surface area contributed by atoms with Crippen LogP contribution in [0.15, 0.2) is 29.5 Å². The summed E-state index contributed by atoms with van der Waals surface area (Å²) in [5, 5.41) is 0. The van der Waals surface area contributed by atoms with Crippen LogP contribution in [0.4, 0.5) is 0 Å². The third kappa shape index (κ3) is 1.97. The summed E-state index contributed by atoms with van der Waals surface area (Å²) in [5.41, 5.74) is 6.17. The predicted octanol–water partition coefficient (Wildman–Crippen LogP) is 2.48. The zero-order valence-corrected chi connectivity index (χ0v) is 12.4. The van der Waals surface area contributed by atoms with Crippen LogP contribution in [0.3, 0.4) is 0 Å². The number of aryl methyl sites for hydroxylation is 1. The van der Waals surface area contributed by atoms with Gasteiger partial charge in [-0.05, 0) is 36.5 Å². The highest BCUT2D eigenvalue weighted by Crippen LogP contribution is 2.33. The van der Waals surface area contributed by atoms with Crippen molar-refractivity contribution in [1.82, 2.24) is 4.90 Å². The molecule has 0 saturated carbocycles. The van der Waals surface area contributed by atoms with Crippen LogP contribution in [0.2, 0.25) is 0 Å². The topological polar surface area (TPSA) is 29.5 Å². The van der Waals surface area contributed by atoms with Gasteiger partial charge in [-0.25, -0.2) is 0 Å². The summed E-state index contributed by atoms with van der Waals surface area (Å²) in [6.07, 6.45) is 1.76. The number of rotatable bonds is 3. The van der Waals surface area contributed by atoms with Gasteiger partial charge in [0.15, 0.2) is 11.9 Å². The van der Waals surface area contributed by atoms with Gasteiger partial charge in [-0.15, -0.1) is 0 Å². The standard InChI is InChI=1S/C17H21NO2/c1-4-12-5-6-13-7-8-18(10-14(13)9-12)15-11(2)16(19)17(15)20-3/h5-6,9,17H,4,7-8,10H2,1-3H3. The fourth-order valence-electron chi connectivity index (χ4n) is 3.22. The summed E-state index contributed by atoms with van der Waals surface area (Å²) >= 11 is 0. The van der Waals surface area contributed by atoms with Crippen molar-refractivity contribution in [2.45, 2.75) is 39.3 Å². The molecule has 1 unspecified atom stereocenters. The van der Waals surface area contributed by atoms with Gasteiger partial charge in [0.05, 0.1) is 5.70 Å². The van der Waals surface area contributed by atoms with Crippen LogP contribution in [0.25, 0.3) is 0 Å². The average Bonchev–Trinajstić information content (AvgIpc) is 2.50. The van der Waals surface area contributed by atoms with Gasteiger partial charge in [0.1, 0.15) is 0 Å². The molecule has 2 aliphatic rings. The lowest BCUT2D eigenvalue weighted by Crippen LogP contribution is -2.47. The molecule has 0 radical (unpaired) electrons. The van der Waals surface area contributed by atoms with Gasteiger partial charge in [0, 0.05) is 25.8 Å². The van der Waals surface area contributed by atoms with Crippen LogP contribution in [-0.4, -0.2) is 30.4 Å². The number of ether oxygens (including phenoxy) is 1. The Bertz CT molecular complexity index is 589. The Balaban J connectivity index is 1.87. The monoisotopic (exact) mass is 271 g/mol. The quantitative estimate of drug-likeness (QED) is 0.846. The summed E-state index contributed by atoms with van der Waals surface area (Å²) < 4.78 is 5.32. The molecule has 0 N–H and O–H groups in total. The lowest BCUT2D eigenvalue weighted by Gasteiger charge is -2.40. The molecule has 0 amide bonds. The Labute approximate surface area is 120 Å². The van der Waals surface area contributed by atoms with Crippen molar-refractivity contribution in [3.63, 3.8) is 0 Å². The molecule has 0 aromatic heterocycles. The van der Waals surface area contributed by atoms with E-state index in [1.54, 1.807) is 7.11 Å². The number of carbonyl (C=O) groups is 1. The van der Waals surface area contributed by atoms with Gasteiger partial charge >= 0.3 is 0 Å². The van der Waals surface area contributed by atoms with Crippen molar-refractivity contribution in [2.75, 3.05) is 13.7 Å². The molecule has 1 aliphatic heterocycles. The zero-order valence-electron chi connectivity index (χ0n) is 12.4. The smallest absolute Gasteiger partial charge is 0.195 e. The first-order valence-corrected chi connectivity index (χ1v) is 7.29. The average molecular weight is 271 g/mol. The Hall–Kier alpha value is -1.61. The summed E-state index contributed by atoms with van der Waals surface area (Å²) in [7, 11) is 1.61. The van der Waals surface area contributed by atoms with E-state index in [0.29, 0.717) is 0 Å². The molecule has 106 valence electrons. The summed E-state index contributed by atoms with van der Waals surface area (Å²) in [6, 6.07) is 6.79. The van der Waals surface area contributed by atoms with Gasteiger partial charge in [-0.2, -0.15) is 0 Å². The number of fused-ring (bicyclic) bond motifs is 1. The predicted molar refractivity (Wildman–Crippen MR) is 78.4 cm³/mol. The van der Waals surface area contributed by atoms with E-state index in [2.05, 4.69) is 30.0 Å². The van der Waals surface area contributed by atoms with E-state index in [0.717, 1.165) is 37.2 Å². The second kappa shape index (κ2) is 5.06. The van der Waals surface area contributed by atoms with E-state index in [9.17, 15) is 4.79 Å². The summed E-state index contributed by atoms with van der Waals surface area (Å²) in [4.78, 5) is 14.1. The molecule has 1 aromatic carbocycles. The lowest BCUT2D eigenvalue weighted by atomic mass is 9.87. The third-order valence-electron chi connectivity index (χ3n) is 4.51. The molecule has 1 aromatic rings. The minimum absolute atomic E-state index is 0.135. The van der Waals surface area contributed by atoms with E-state index in [1.807, 2.05) is 6.92 Å². The van der Waals surface area contributed by atoms with E-state index in [1.165, 1.54) is 16.7 Å². The number of Topliss-reactive ketones (excluding diaryl/α,β-unsaturated/α-hetero) is 1. The molecular weight excluding hydrogens is 250 g/mol. The van der Waals surface area contributed by atoms with Gasteiger partial charge < -0.3 is 9.64 Å². The van der Waals surface area contributed by atoms with Crippen molar-refractivity contribution < 1.29 is 9.53 Å². The largest absolute Gasteiger partial charge is 0.367 e. The van der Waals surface area contributed by atoms with Gasteiger partial charge in [-0.1, -0.05) is 25.1 Å². The maximum absolute atomic E-state index is 11.8. The number of hydrogen-bond donors (Lipinski definition) is 0. The molecule has 0 spiro atoms. The van der Waals surface area contributed by atoms with Gasteiger partial charge in [0.2, 0.25) is 0 Å². The van der Waals surface area contributed by atoms with Gasteiger partial charge in [-0.3, -0.25) is 4.79 Å². The maximum atomic E-state index is 11.8. The number of benzene rings is 1. The van der Waals surface area contributed by atoms with Crippen LogP contribution in [0, 0.1) is 0 Å². The number of nitrogens with zero attached hydrogens (tertiary/aromatic N) is 1. The molecule has 3 rings (SSSR count). The first kappa shape index (κ1) is 13.4. The Morgan fingerprint density at radius 3 is 2.85 bits per heavy atom. The fraction of sp³-hybridized carbons (Fsp3) is 0.471. The number of methoxy groups -OCH3 is 1. The highest BCUT2D eigenvalue weighted by atomic mass is 16.5. The van der Waals surface area contributed by atoms with E-state index in [4.69, 9.17) is 4.74 Å². The van der Waals surface area contributed by atoms with E-state index < -0.39 is 0 Å². The molecule has 0 saturated heterocycles. The summed E-state index contributed by atoms with van der Waals surface area (Å²) in [5.74, 6) is 0.135. The van der Waals surface area contributed by atoms with Gasteiger partial charge in [0.25, 0.3) is 0 Å². The van der Waals surface area contributed by atoms with Crippen LogP contribution >= 0.6 is 0 Å². The molecule has 3 nitrogen and oxygen atoms in total. The van der Waals surface area contributed by atoms with E-state index >= 15 is 0 Å². The normalized spacial score (nSPS) is 21.9. The second-order valence-corrected chi connectivity index (χ2v) is 5.62. The highest BCUT2D eigenvalue weighted by molar-refractivity contribution is 6.08. The van der Waals surface area contributed by atoms with Crippen molar-refractivity contribution in [3.05, 3.63) is 46.2 Å². The van der Waals surface area contributed by atoms with Crippen LogP contribution in [-0.2, 0) is 28.9 Å². The molecule has 1 heterocycles. The number of ketones is 1. The van der Waals surface area contributed by atoms with Crippen molar-refractivity contribution in [2.24, 2.45) is 0 Å². The zero-order chi connectivity index (χ0) is 14.3. The molecule has 0 bridgehead atoms. The molecule has 3 heteroatoms. The number of hydrogen-bond acceptors (Lipinski definition) is 3. The molecule has 20 heavy (non-hydrogen) atoms. The SMILES string of the molecule is CCc1ccc2c(c1)CN(C1=C(C)C(=O)C1OC)CC2. The molecule has 1 atom stereocenters. The number of carbonyl (C=O) groups excluding carboxylic acids is 1. The first-order chi connectivity index (χ1) is 9.65. The highest BCUT2D eigenvalue weighted by Gasteiger charge is 2.40. The third-order valence-corrected chi connectivity index (χ3v) is 4.51. The maximum Gasteiger partial charge on any atom is 0.195 e.